The van der Waals surface area contributed by atoms with Crippen LogP contribution in [0.3, 0.4) is 0 Å². The molecular weight excluding hydrogens is 394 g/mol. The lowest BCUT2D eigenvalue weighted by molar-refractivity contribution is 0.104. The lowest BCUT2D eigenvalue weighted by Gasteiger charge is -2.14. The van der Waals surface area contributed by atoms with Crippen LogP contribution in [0.2, 0.25) is 5.02 Å². The second-order valence-corrected chi connectivity index (χ2v) is 7.35. The second-order valence-electron chi connectivity index (χ2n) is 6.91. The number of aromatic nitrogens is 1. The number of benzene rings is 3. The lowest BCUT2D eigenvalue weighted by Crippen LogP contribution is -2.05. The molecule has 0 radical (unpaired) electrons. The number of para-hydroxylation sites is 2. The van der Waals surface area contributed by atoms with Gasteiger partial charge in [0.25, 0.3) is 0 Å². The molecule has 3 aromatic carbocycles. The quantitative estimate of drug-likeness (QED) is 0.268. The molecule has 4 rings (SSSR count). The minimum absolute atomic E-state index is 0.110. The Kier molecular flexibility index (Phi) is 5.64. The van der Waals surface area contributed by atoms with Crippen LogP contribution in [0.4, 0.5) is 0 Å². The molecule has 0 aliphatic rings. The Labute approximate surface area is 180 Å². The summed E-state index contributed by atoms with van der Waals surface area (Å²) < 4.78 is 5.38. The molecule has 30 heavy (non-hydrogen) atoms. The Morgan fingerprint density at radius 3 is 2.43 bits per heavy atom. The zero-order valence-corrected chi connectivity index (χ0v) is 17.5. The normalized spacial score (nSPS) is 11.2. The number of ether oxygens (including phenoxy) is 1. The van der Waals surface area contributed by atoms with Crippen molar-refractivity contribution in [3.05, 3.63) is 101 Å². The minimum atomic E-state index is -0.110. The molecule has 0 saturated carbocycles. The maximum atomic E-state index is 13.3. The number of methoxy groups -OCH3 is 1. The van der Waals surface area contributed by atoms with Crippen molar-refractivity contribution in [2.24, 2.45) is 0 Å². The highest BCUT2D eigenvalue weighted by Crippen LogP contribution is 2.34. The van der Waals surface area contributed by atoms with Gasteiger partial charge in [-0.25, -0.2) is 0 Å². The number of fused-ring (bicyclic) bond motifs is 1. The third kappa shape index (κ3) is 3.85. The second kappa shape index (κ2) is 8.52. The summed E-state index contributed by atoms with van der Waals surface area (Å²) in [6, 6.07) is 23.0. The highest BCUT2D eigenvalue weighted by atomic mass is 35.5. The summed E-state index contributed by atoms with van der Waals surface area (Å²) in [7, 11) is 1.62. The molecule has 4 aromatic rings. The summed E-state index contributed by atoms with van der Waals surface area (Å²) in [6.45, 7) is 1.87. The fourth-order valence-corrected chi connectivity index (χ4v) is 3.73. The number of nitrogens with zero attached hydrogens (tertiary/aromatic N) is 1. The first-order valence-corrected chi connectivity index (χ1v) is 9.97. The maximum absolute atomic E-state index is 13.3. The number of rotatable bonds is 5. The van der Waals surface area contributed by atoms with Crippen LogP contribution >= 0.6 is 11.6 Å². The minimum Gasteiger partial charge on any atom is -0.496 e. The maximum Gasteiger partial charge on any atom is 0.188 e. The number of carbonyl (C=O) groups excluding carboxylic acids is 1. The molecule has 1 aromatic heterocycles. The Morgan fingerprint density at radius 2 is 1.67 bits per heavy atom. The Bertz CT molecular complexity index is 1260. The largest absolute Gasteiger partial charge is 0.496 e. The van der Waals surface area contributed by atoms with E-state index < -0.39 is 0 Å². The Morgan fingerprint density at radius 1 is 0.967 bits per heavy atom. The summed E-state index contributed by atoms with van der Waals surface area (Å²) in [4.78, 5) is 18.0. The number of pyridine rings is 1. The molecule has 0 bridgehead atoms. The molecule has 4 heteroatoms. The number of hydrogen-bond donors (Lipinski definition) is 0. The summed E-state index contributed by atoms with van der Waals surface area (Å²) in [5.41, 5.74) is 4.76. The van der Waals surface area contributed by atoms with Gasteiger partial charge in [0.1, 0.15) is 5.75 Å². The van der Waals surface area contributed by atoms with E-state index >= 15 is 0 Å². The molecule has 3 nitrogen and oxygen atoms in total. The van der Waals surface area contributed by atoms with Gasteiger partial charge in [-0.05, 0) is 48.9 Å². The topological polar surface area (TPSA) is 39.2 Å². The predicted molar refractivity (Wildman–Crippen MR) is 123 cm³/mol. The van der Waals surface area contributed by atoms with E-state index in [1.165, 1.54) is 0 Å². The van der Waals surface area contributed by atoms with Crippen molar-refractivity contribution in [3.63, 3.8) is 0 Å². The van der Waals surface area contributed by atoms with Gasteiger partial charge in [0.2, 0.25) is 0 Å². The molecule has 0 aliphatic heterocycles. The molecule has 0 fully saturated rings. The van der Waals surface area contributed by atoms with Gasteiger partial charge >= 0.3 is 0 Å². The average Bonchev–Trinajstić information content (AvgIpc) is 2.77. The molecule has 148 valence electrons. The number of aryl methyl sites for hydroxylation is 1. The van der Waals surface area contributed by atoms with Gasteiger partial charge in [-0.15, -0.1) is 0 Å². The standard InChI is InChI=1S/C26H20ClNO2/c1-17-25(23(29)16-13-18-7-3-6-10-24(18)30-2)26(19-11-14-20(27)15-12-19)21-8-4-5-9-22(21)28-17/h3-16H,1-2H3/b16-13+. The fraction of sp³-hybridized carbons (Fsp3) is 0.0769. The van der Waals surface area contributed by atoms with Crippen molar-refractivity contribution in [2.75, 3.05) is 7.11 Å². The van der Waals surface area contributed by atoms with E-state index in [-0.39, 0.29) is 5.78 Å². The van der Waals surface area contributed by atoms with E-state index in [0.717, 1.165) is 27.6 Å². The van der Waals surface area contributed by atoms with Crippen molar-refractivity contribution in [1.29, 1.82) is 0 Å². The van der Waals surface area contributed by atoms with Gasteiger partial charge in [-0.2, -0.15) is 0 Å². The van der Waals surface area contributed by atoms with Crippen LogP contribution in [0.5, 0.6) is 5.75 Å². The third-order valence-corrected chi connectivity index (χ3v) is 5.26. The highest BCUT2D eigenvalue weighted by molar-refractivity contribution is 6.30. The van der Waals surface area contributed by atoms with E-state index in [2.05, 4.69) is 4.98 Å². The number of hydrogen-bond acceptors (Lipinski definition) is 3. The number of carbonyl (C=O) groups is 1. The number of ketones is 1. The first-order chi connectivity index (χ1) is 14.6. The smallest absolute Gasteiger partial charge is 0.188 e. The van der Waals surface area contributed by atoms with E-state index in [4.69, 9.17) is 16.3 Å². The highest BCUT2D eigenvalue weighted by Gasteiger charge is 2.19. The van der Waals surface area contributed by atoms with Crippen molar-refractivity contribution >= 4 is 34.4 Å². The monoisotopic (exact) mass is 413 g/mol. The molecular formula is C26H20ClNO2. The van der Waals surface area contributed by atoms with Crippen molar-refractivity contribution in [2.45, 2.75) is 6.92 Å². The van der Waals surface area contributed by atoms with Gasteiger partial charge in [0, 0.05) is 27.2 Å². The predicted octanol–water partition coefficient (Wildman–Crippen LogP) is 6.77. The van der Waals surface area contributed by atoms with E-state index in [0.29, 0.717) is 22.0 Å². The van der Waals surface area contributed by atoms with Gasteiger partial charge in [0.15, 0.2) is 5.78 Å². The molecule has 0 saturated heterocycles. The van der Waals surface area contributed by atoms with Gasteiger partial charge in [-0.1, -0.05) is 60.1 Å². The summed E-state index contributed by atoms with van der Waals surface area (Å²) in [5.74, 6) is 0.606. The van der Waals surface area contributed by atoms with Crippen LogP contribution in [0.15, 0.2) is 78.9 Å². The van der Waals surface area contributed by atoms with E-state index in [1.807, 2.05) is 79.7 Å². The molecule has 0 atom stereocenters. The van der Waals surface area contributed by atoms with Gasteiger partial charge in [-0.3, -0.25) is 9.78 Å². The first kappa shape index (κ1) is 19.9. The molecule has 1 heterocycles. The Hall–Kier alpha value is -3.43. The zero-order valence-electron chi connectivity index (χ0n) is 16.7. The molecule has 0 aliphatic carbocycles. The zero-order chi connectivity index (χ0) is 21.1. The number of allylic oxidation sites excluding steroid dienone is 1. The average molecular weight is 414 g/mol. The molecule has 0 amide bonds. The summed E-state index contributed by atoms with van der Waals surface area (Å²) >= 11 is 6.09. The van der Waals surface area contributed by atoms with Crippen molar-refractivity contribution < 1.29 is 9.53 Å². The third-order valence-electron chi connectivity index (χ3n) is 5.01. The van der Waals surface area contributed by atoms with Crippen LogP contribution in [0.25, 0.3) is 28.1 Å². The van der Waals surface area contributed by atoms with Crippen LogP contribution in [0.1, 0.15) is 21.6 Å². The van der Waals surface area contributed by atoms with Crippen LogP contribution in [0, 0.1) is 6.92 Å². The van der Waals surface area contributed by atoms with Gasteiger partial charge in [0.05, 0.1) is 18.2 Å². The summed E-state index contributed by atoms with van der Waals surface area (Å²) in [5, 5.41) is 1.58. The molecule has 0 spiro atoms. The summed E-state index contributed by atoms with van der Waals surface area (Å²) in [6.07, 6.45) is 3.36. The van der Waals surface area contributed by atoms with E-state index in [1.54, 1.807) is 19.3 Å². The molecule has 0 unspecified atom stereocenters. The van der Waals surface area contributed by atoms with Gasteiger partial charge < -0.3 is 4.74 Å². The Balaban J connectivity index is 1.88. The number of halogens is 1. The SMILES string of the molecule is COc1ccccc1/C=C/C(=O)c1c(C)nc2ccccc2c1-c1ccc(Cl)cc1. The fourth-order valence-electron chi connectivity index (χ4n) is 3.61. The van der Waals surface area contributed by atoms with E-state index in [9.17, 15) is 4.79 Å². The van der Waals surface area contributed by atoms with Crippen LogP contribution in [-0.2, 0) is 0 Å². The van der Waals surface area contributed by atoms with Crippen LogP contribution in [-0.4, -0.2) is 17.9 Å². The van der Waals surface area contributed by atoms with Crippen molar-refractivity contribution in [1.82, 2.24) is 4.98 Å². The molecule has 0 N–H and O–H groups in total. The van der Waals surface area contributed by atoms with Crippen LogP contribution < -0.4 is 4.74 Å². The lowest BCUT2D eigenvalue weighted by atomic mass is 9.92. The van der Waals surface area contributed by atoms with Crippen molar-refractivity contribution in [3.8, 4) is 16.9 Å². The first-order valence-electron chi connectivity index (χ1n) is 9.59.